The molecule has 2 fully saturated rings. The van der Waals surface area contributed by atoms with E-state index in [4.69, 9.17) is 0 Å². The zero-order valence-electron chi connectivity index (χ0n) is 12.0. The second kappa shape index (κ2) is 6.78. The molecule has 0 spiro atoms. The molecule has 0 radical (unpaired) electrons. The lowest BCUT2D eigenvalue weighted by molar-refractivity contribution is 0.173. The first-order valence-corrected chi connectivity index (χ1v) is 7.98. The Hall–Kier alpha value is -0.0400. The highest BCUT2D eigenvalue weighted by Crippen LogP contribution is 2.34. The summed E-state index contributed by atoms with van der Waals surface area (Å²) >= 11 is 0. The van der Waals surface area contributed by atoms with Crippen LogP contribution in [0.5, 0.6) is 0 Å². The summed E-state index contributed by atoms with van der Waals surface area (Å²) < 4.78 is 0. The Labute approximate surface area is 108 Å². The summed E-state index contributed by atoms with van der Waals surface area (Å²) in [7, 11) is 0. The molecule has 1 aliphatic carbocycles. The van der Waals surface area contributed by atoms with Crippen molar-refractivity contribution in [3.63, 3.8) is 0 Å². The van der Waals surface area contributed by atoms with Crippen molar-refractivity contribution >= 4 is 0 Å². The molecule has 1 saturated heterocycles. The van der Waals surface area contributed by atoms with E-state index in [1.54, 1.807) is 0 Å². The van der Waals surface area contributed by atoms with Gasteiger partial charge in [-0.1, -0.05) is 33.1 Å². The lowest BCUT2D eigenvalue weighted by atomic mass is 9.76. The van der Waals surface area contributed by atoms with Gasteiger partial charge in [-0.2, -0.15) is 0 Å². The van der Waals surface area contributed by atoms with Crippen LogP contribution in [0.3, 0.4) is 0 Å². The Kier molecular flexibility index (Phi) is 5.34. The molecule has 100 valence electrons. The molecular formula is C16H31N. The molecule has 1 aliphatic heterocycles. The van der Waals surface area contributed by atoms with Crippen LogP contribution in [0.25, 0.3) is 0 Å². The van der Waals surface area contributed by atoms with Gasteiger partial charge in [0.1, 0.15) is 0 Å². The highest BCUT2D eigenvalue weighted by atomic mass is 15.1. The van der Waals surface area contributed by atoms with E-state index < -0.39 is 0 Å². The maximum Gasteiger partial charge on any atom is -0.00161 e. The van der Waals surface area contributed by atoms with Crippen molar-refractivity contribution in [2.75, 3.05) is 19.6 Å². The first-order chi connectivity index (χ1) is 8.25. The van der Waals surface area contributed by atoms with Gasteiger partial charge in [0.15, 0.2) is 0 Å². The van der Waals surface area contributed by atoms with Gasteiger partial charge in [-0.3, -0.25) is 0 Å². The van der Waals surface area contributed by atoms with Crippen LogP contribution in [0, 0.1) is 17.8 Å². The normalized spacial score (nSPS) is 33.5. The summed E-state index contributed by atoms with van der Waals surface area (Å²) in [5, 5.41) is 0. The third kappa shape index (κ3) is 4.28. The van der Waals surface area contributed by atoms with E-state index >= 15 is 0 Å². The van der Waals surface area contributed by atoms with Crippen LogP contribution in [0.2, 0.25) is 0 Å². The van der Waals surface area contributed by atoms with Gasteiger partial charge in [-0.05, 0) is 69.5 Å². The standard InChI is InChI=1S/C16H31N/c1-14-6-8-16(9-7-14)15(2)10-13-17-11-4-3-5-12-17/h14-16H,3-13H2,1-2H3. The van der Waals surface area contributed by atoms with Crippen LogP contribution in [0.1, 0.15) is 65.2 Å². The Morgan fingerprint density at radius 3 is 2.29 bits per heavy atom. The average molecular weight is 237 g/mol. The van der Waals surface area contributed by atoms with Gasteiger partial charge in [0.05, 0.1) is 0 Å². The van der Waals surface area contributed by atoms with E-state index in [2.05, 4.69) is 18.7 Å². The molecule has 1 heterocycles. The number of rotatable bonds is 4. The van der Waals surface area contributed by atoms with Crippen LogP contribution in [-0.4, -0.2) is 24.5 Å². The molecule has 0 bridgehead atoms. The van der Waals surface area contributed by atoms with E-state index in [1.165, 1.54) is 71.0 Å². The molecule has 1 unspecified atom stereocenters. The molecule has 17 heavy (non-hydrogen) atoms. The minimum Gasteiger partial charge on any atom is -0.303 e. The molecule has 0 amide bonds. The third-order valence-electron chi connectivity index (χ3n) is 5.21. The van der Waals surface area contributed by atoms with Crippen molar-refractivity contribution in [2.24, 2.45) is 17.8 Å². The molecule has 0 N–H and O–H groups in total. The minimum atomic E-state index is 0.962. The number of piperidine rings is 1. The number of hydrogen-bond donors (Lipinski definition) is 0. The number of nitrogens with zero attached hydrogens (tertiary/aromatic N) is 1. The summed E-state index contributed by atoms with van der Waals surface area (Å²) in [6.07, 6.45) is 11.8. The second-order valence-corrected chi connectivity index (χ2v) is 6.69. The lowest BCUT2D eigenvalue weighted by Gasteiger charge is -2.33. The average Bonchev–Trinajstić information content (AvgIpc) is 2.38. The second-order valence-electron chi connectivity index (χ2n) is 6.69. The molecular weight excluding hydrogens is 206 g/mol. The van der Waals surface area contributed by atoms with Crippen LogP contribution in [-0.2, 0) is 0 Å². The van der Waals surface area contributed by atoms with E-state index in [0.29, 0.717) is 0 Å². The van der Waals surface area contributed by atoms with E-state index in [1.807, 2.05) is 0 Å². The quantitative estimate of drug-likeness (QED) is 0.703. The Balaban J connectivity index is 1.64. The fourth-order valence-electron chi connectivity index (χ4n) is 3.66. The van der Waals surface area contributed by atoms with Crippen molar-refractivity contribution in [3.05, 3.63) is 0 Å². The Morgan fingerprint density at radius 1 is 1.00 bits per heavy atom. The van der Waals surface area contributed by atoms with Crippen molar-refractivity contribution < 1.29 is 0 Å². The van der Waals surface area contributed by atoms with Gasteiger partial charge in [0.25, 0.3) is 0 Å². The van der Waals surface area contributed by atoms with Gasteiger partial charge in [-0.25, -0.2) is 0 Å². The first kappa shape index (κ1) is 13.4. The minimum absolute atomic E-state index is 0.962. The summed E-state index contributed by atoms with van der Waals surface area (Å²) in [6.45, 7) is 9.04. The van der Waals surface area contributed by atoms with Crippen LogP contribution in [0.4, 0.5) is 0 Å². The predicted octanol–water partition coefficient (Wildman–Crippen LogP) is 4.32. The number of likely N-dealkylation sites (tertiary alicyclic amines) is 1. The van der Waals surface area contributed by atoms with Crippen molar-refractivity contribution in [1.82, 2.24) is 4.90 Å². The molecule has 1 saturated carbocycles. The Bertz CT molecular complexity index is 200. The van der Waals surface area contributed by atoms with E-state index in [-0.39, 0.29) is 0 Å². The topological polar surface area (TPSA) is 3.24 Å². The highest BCUT2D eigenvalue weighted by Gasteiger charge is 2.23. The largest absolute Gasteiger partial charge is 0.303 e. The van der Waals surface area contributed by atoms with Crippen LogP contribution in [0.15, 0.2) is 0 Å². The van der Waals surface area contributed by atoms with Crippen molar-refractivity contribution in [1.29, 1.82) is 0 Å². The van der Waals surface area contributed by atoms with Crippen molar-refractivity contribution in [3.8, 4) is 0 Å². The number of hydrogen-bond acceptors (Lipinski definition) is 1. The van der Waals surface area contributed by atoms with Gasteiger partial charge < -0.3 is 4.90 Å². The fourth-order valence-corrected chi connectivity index (χ4v) is 3.66. The summed E-state index contributed by atoms with van der Waals surface area (Å²) in [6, 6.07) is 0. The zero-order chi connectivity index (χ0) is 12.1. The lowest BCUT2D eigenvalue weighted by Crippen LogP contribution is -2.32. The SMILES string of the molecule is CC1CCC(C(C)CCN2CCCCC2)CC1. The molecule has 1 heteroatoms. The van der Waals surface area contributed by atoms with Gasteiger partial charge in [0, 0.05) is 0 Å². The molecule has 2 rings (SSSR count). The fraction of sp³-hybridized carbons (Fsp3) is 1.00. The van der Waals surface area contributed by atoms with Crippen molar-refractivity contribution in [2.45, 2.75) is 65.2 Å². The smallest absolute Gasteiger partial charge is 0.00161 e. The molecule has 0 aromatic carbocycles. The molecule has 0 aromatic heterocycles. The van der Waals surface area contributed by atoms with Crippen LogP contribution < -0.4 is 0 Å². The van der Waals surface area contributed by atoms with Gasteiger partial charge in [0.2, 0.25) is 0 Å². The monoisotopic (exact) mass is 237 g/mol. The molecule has 1 nitrogen and oxygen atoms in total. The predicted molar refractivity (Wildman–Crippen MR) is 75.2 cm³/mol. The molecule has 1 atom stereocenters. The molecule has 2 aliphatic rings. The maximum absolute atomic E-state index is 2.70. The van der Waals surface area contributed by atoms with E-state index in [0.717, 1.165) is 17.8 Å². The summed E-state index contributed by atoms with van der Waals surface area (Å²) in [5.74, 6) is 3.00. The highest BCUT2D eigenvalue weighted by molar-refractivity contribution is 4.75. The van der Waals surface area contributed by atoms with E-state index in [9.17, 15) is 0 Å². The summed E-state index contributed by atoms with van der Waals surface area (Å²) in [5.41, 5.74) is 0. The van der Waals surface area contributed by atoms with Gasteiger partial charge >= 0.3 is 0 Å². The first-order valence-electron chi connectivity index (χ1n) is 7.98. The Morgan fingerprint density at radius 2 is 1.65 bits per heavy atom. The zero-order valence-corrected chi connectivity index (χ0v) is 12.0. The maximum atomic E-state index is 2.70. The van der Waals surface area contributed by atoms with Crippen LogP contribution >= 0.6 is 0 Å². The molecule has 0 aromatic rings. The van der Waals surface area contributed by atoms with Gasteiger partial charge in [-0.15, -0.1) is 0 Å². The third-order valence-corrected chi connectivity index (χ3v) is 5.21. The summed E-state index contributed by atoms with van der Waals surface area (Å²) in [4.78, 5) is 2.70.